The maximum atomic E-state index is 12.0. The average Bonchev–Trinajstić information content (AvgIpc) is 2.17. The number of alkyl halides is 4. The van der Waals surface area contributed by atoms with Crippen LogP contribution in [0.4, 0.5) is 13.2 Å². The SMILES string of the molecule is O=C(CBr)c1cc(Br)ccc1OC(F)(F)F. The molecular formula is C9H5Br2F3O2. The summed E-state index contributed by atoms with van der Waals surface area (Å²) in [5, 5.41) is -0.0718. The molecule has 88 valence electrons. The Balaban J connectivity index is 3.13. The molecule has 0 heterocycles. The van der Waals surface area contributed by atoms with Crippen LogP contribution in [-0.4, -0.2) is 17.5 Å². The Morgan fingerprint density at radius 2 is 2.00 bits per heavy atom. The smallest absolute Gasteiger partial charge is 0.405 e. The number of ether oxygens (including phenoxy) is 1. The van der Waals surface area contributed by atoms with Crippen molar-refractivity contribution in [2.75, 3.05) is 5.33 Å². The second-order valence-electron chi connectivity index (χ2n) is 2.75. The molecule has 1 aromatic carbocycles. The first-order valence-electron chi connectivity index (χ1n) is 3.98. The largest absolute Gasteiger partial charge is 0.573 e. The van der Waals surface area contributed by atoms with Crippen molar-refractivity contribution in [3.05, 3.63) is 28.2 Å². The van der Waals surface area contributed by atoms with Gasteiger partial charge in [-0.15, -0.1) is 13.2 Å². The van der Waals surface area contributed by atoms with Crippen molar-refractivity contribution < 1.29 is 22.7 Å². The molecule has 0 amide bonds. The Labute approximate surface area is 106 Å². The normalized spacial score (nSPS) is 11.3. The molecule has 0 fully saturated rings. The fourth-order valence-corrected chi connectivity index (χ4v) is 1.67. The van der Waals surface area contributed by atoms with Gasteiger partial charge in [0.15, 0.2) is 5.78 Å². The van der Waals surface area contributed by atoms with Crippen LogP contribution in [0.2, 0.25) is 0 Å². The molecule has 0 N–H and O–H groups in total. The van der Waals surface area contributed by atoms with Gasteiger partial charge in [0.2, 0.25) is 0 Å². The van der Waals surface area contributed by atoms with Gasteiger partial charge in [-0.1, -0.05) is 31.9 Å². The number of hydrogen-bond donors (Lipinski definition) is 0. The maximum Gasteiger partial charge on any atom is 0.573 e. The molecule has 0 aliphatic heterocycles. The lowest BCUT2D eigenvalue weighted by Gasteiger charge is -2.12. The van der Waals surface area contributed by atoms with E-state index in [2.05, 4.69) is 36.6 Å². The molecule has 0 saturated heterocycles. The van der Waals surface area contributed by atoms with Gasteiger partial charge >= 0.3 is 6.36 Å². The van der Waals surface area contributed by atoms with E-state index < -0.39 is 17.9 Å². The van der Waals surface area contributed by atoms with Crippen LogP contribution in [0, 0.1) is 0 Å². The van der Waals surface area contributed by atoms with Crippen molar-refractivity contribution in [2.45, 2.75) is 6.36 Å². The number of Topliss-reactive ketones (excluding diaryl/α,β-unsaturated/α-hetero) is 1. The quantitative estimate of drug-likeness (QED) is 0.602. The van der Waals surface area contributed by atoms with Gasteiger partial charge in [-0.2, -0.15) is 0 Å². The molecule has 7 heteroatoms. The van der Waals surface area contributed by atoms with Crippen molar-refractivity contribution in [2.24, 2.45) is 0 Å². The third-order valence-electron chi connectivity index (χ3n) is 1.59. The lowest BCUT2D eigenvalue weighted by molar-refractivity contribution is -0.274. The van der Waals surface area contributed by atoms with Crippen molar-refractivity contribution in [3.8, 4) is 5.75 Å². The molecule has 2 nitrogen and oxygen atoms in total. The fraction of sp³-hybridized carbons (Fsp3) is 0.222. The molecule has 0 aromatic heterocycles. The van der Waals surface area contributed by atoms with Crippen LogP contribution >= 0.6 is 31.9 Å². The van der Waals surface area contributed by atoms with Crippen LogP contribution in [0.25, 0.3) is 0 Å². The van der Waals surface area contributed by atoms with Gasteiger partial charge in [-0.25, -0.2) is 0 Å². The molecule has 0 saturated carbocycles. The molecule has 16 heavy (non-hydrogen) atoms. The zero-order valence-electron chi connectivity index (χ0n) is 7.65. The van der Waals surface area contributed by atoms with Gasteiger partial charge in [-0.05, 0) is 18.2 Å². The van der Waals surface area contributed by atoms with Crippen molar-refractivity contribution >= 4 is 37.6 Å². The first-order chi connectivity index (χ1) is 7.33. The summed E-state index contributed by atoms with van der Waals surface area (Å²) < 4.78 is 40.4. The number of benzene rings is 1. The summed E-state index contributed by atoms with van der Waals surface area (Å²) in [5.41, 5.74) is -0.122. The number of halogens is 5. The van der Waals surface area contributed by atoms with E-state index in [0.29, 0.717) is 4.47 Å². The molecule has 0 aliphatic rings. The molecular weight excluding hydrogens is 357 g/mol. The van der Waals surface area contributed by atoms with Crippen LogP contribution in [0.3, 0.4) is 0 Å². The minimum atomic E-state index is -4.81. The van der Waals surface area contributed by atoms with Gasteiger partial charge in [0.1, 0.15) is 5.75 Å². The first kappa shape index (κ1) is 13.5. The minimum Gasteiger partial charge on any atom is -0.405 e. The Kier molecular flexibility index (Phi) is 4.37. The lowest BCUT2D eigenvalue weighted by atomic mass is 10.1. The van der Waals surface area contributed by atoms with Crippen molar-refractivity contribution in [1.29, 1.82) is 0 Å². The third-order valence-corrected chi connectivity index (χ3v) is 2.59. The van der Waals surface area contributed by atoms with Crippen LogP contribution < -0.4 is 4.74 Å². The average molecular weight is 362 g/mol. The summed E-state index contributed by atoms with van der Waals surface area (Å²) in [6, 6.07) is 3.74. The van der Waals surface area contributed by atoms with Crippen LogP contribution in [0.15, 0.2) is 22.7 Å². The van der Waals surface area contributed by atoms with Crippen molar-refractivity contribution in [1.82, 2.24) is 0 Å². The Bertz CT molecular complexity index is 404. The van der Waals surface area contributed by atoms with Gasteiger partial charge in [0.05, 0.1) is 10.9 Å². The van der Waals surface area contributed by atoms with Gasteiger partial charge in [0.25, 0.3) is 0 Å². The monoisotopic (exact) mass is 360 g/mol. The minimum absolute atomic E-state index is 0.0718. The van der Waals surface area contributed by atoms with Crippen LogP contribution in [-0.2, 0) is 0 Å². The highest BCUT2D eigenvalue weighted by molar-refractivity contribution is 9.10. The summed E-state index contributed by atoms with van der Waals surface area (Å²) in [7, 11) is 0. The highest BCUT2D eigenvalue weighted by Gasteiger charge is 2.32. The highest BCUT2D eigenvalue weighted by atomic mass is 79.9. The second-order valence-corrected chi connectivity index (χ2v) is 4.22. The number of rotatable bonds is 3. The summed E-state index contributed by atoms with van der Waals surface area (Å²) in [5.74, 6) is -0.985. The van der Waals surface area contributed by atoms with E-state index in [4.69, 9.17) is 0 Å². The van der Waals surface area contributed by atoms with E-state index in [9.17, 15) is 18.0 Å². The van der Waals surface area contributed by atoms with Crippen molar-refractivity contribution in [3.63, 3.8) is 0 Å². The summed E-state index contributed by atoms with van der Waals surface area (Å²) >= 11 is 5.96. The fourth-order valence-electron chi connectivity index (χ4n) is 1.01. The zero-order chi connectivity index (χ0) is 12.3. The molecule has 1 aromatic rings. The second kappa shape index (κ2) is 5.18. The Morgan fingerprint density at radius 1 is 1.38 bits per heavy atom. The highest BCUT2D eigenvalue weighted by Crippen LogP contribution is 2.29. The van der Waals surface area contributed by atoms with Crippen LogP contribution in [0.1, 0.15) is 10.4 Å². The van der Waals surface area contributed by atoms with E-state index in [1.807, 2.05) is 0 Å². The molecule has 0 bridgehead atoms. The lowest BCUT2D eigenvalue weighted by Crippen LogP contribution is -2.19. The van der Waals surface area contributed by atoms with Gasteiger partial charge in [0, 0.05) is 4.47 Å². The maximum absolute atomic E-state index is 12.0. The Morgan fingerprint density at radius 3 is 2.50 bits per heavy atom. The molecule has 1 rings (SSSR count). The Hall–Kier alpha value is -0.560. The number of carbonyl (C=O) groups is 1. The standard InChI is InChI=1S/C9H5Br2F3O2/c10-4-7(15)6-3-5(11)1-2-8(6)16-9(12,13)14/h1-3H,4H2. The summed E-state index contributed by atoms with van der Waals surface area (Å²) in [6.45, 7) is 0. The van der Waals surface area contributed by atoms with Gasteiger partial charge in [-0.3, -0.25) is 4.79 Å². The molecule has 0 aliphatic carbocycles. The summed E-state index contributed by atoms with van der Waals surface area (Å²) in [6.07, 6.45) is -4.81. The summed E-state index contributed by atoms with van der Waals surface area (Å²) in [4.78, 5) is 11.4. The predicted molar refractivity (Wildman–Crippen MR) is 58.9 cm³/mol. The zero-order valence-corrected chi connectivity index (χ0v) is 10.8. The number of hydrogen-bond acceptors (Lipinski definition) is 2. The molecule has 0 spiro atoms. The van der Waals surface area contributed by atoms with Crippen LogP contribution in [0.5, 0.6) is 5.75 Å². The first-order valence-corrected chi connectivity index (χ1v) is 5.89. The third kappa shape index (κ3) is 3.79. The predicted octanol–water partition coefficient (Wildman–Crippen LogP) is 3.93. The van der Waals surface area contributed by atoms with E-state index in [1.165, 1.54) is 12.1 Å². The van der Waals surface area contributed by atoms with E-state index >= 15 is 0 Å². The van der Waals surface area contributed by atoms with E-state index in [0.717, 1.165) is 6.07 Å². The molecule has 0 radical (unpaired) electrons. The van der Waals surface area contributed by atoms with E-state index in [1.54, 1.807) is 0 Å². The molecule has 0 atom stereocenters. The van der Waals surface area contributed by atoms with E-state index in [-0.39, 0.29) is 10.9 Å². The number of ketones is 1. The van der Waals surface area contributed by atoms with Gasteiger partial charge < -0.3 is 4.74 Å². The number of carbonyl (C=O) groups excluding carboxylic acids is 1. The topological polar surface area (TPSA) is 26.3 Å². The molecule has 0 unspecified atom stereocenters.